The lowest BCUT2D eigenvalue weighted by molar-refractivity contribution is 0.109. The largest absolute Gasteiger partial charge is 0.328 e. The standard InChI is InChI=1S/C15H25BrN2S/c1-3-8-18(14-6-4-13(17)5-7-14)11(2)15-9-12(16)10-19-15/h9-11,13-14H,3-8,17H2,1-2H3. The molecule has 1 aliphatic rings. The second kappa shape index (κ2) is 7.21. The fraction of sp³-hybridized carbons (Fsp3) is 0.733. The molecule has 0 bridgehead atoms. The highest BCUT2D eigenvalue weighted by molar-refractivity contribution is 9.10. The number of hydrogen-bond donors (Lipinski definition) is 1. The van der Waals surface area contributed by atoms with Gasteiger partial charge in [-0.15, -0.1) is 11.3 Å². The smallest absolute Gasteiger partial charge is 0.0416 e. The van der Waals surface area contributed by atoms with E-state index in [0.717, 1.165) is 6.04 Å². The van der Waals surface area contributed by atoms with Crippen molar-refractivity contribution in [2.75, 3.05) is 6.54 Å². The van der Waals surface area contributed by atoms with Crippen LogP contribution in [0.15, 0.2) is 15.9 Å². The molecule has 0 saturated heterocycles. The molecule has 2 nitrogen and oxygen atoms in total. The summed E-state index contributed by atoms with van der Waals surface area (Å²) in [5.74, 6) is 0. The van der Waals surface area contributed by atoms with Crippen LogP contribution in [0.25, 0.3) is 0 Å². The van der Waals surface area contributed by atoms with E-state index in [1.807, 2.05) is 11.3 Å². The summed E-state index contributed by atoms with van der Waals surface area (Å²) < 4.78 is 1.21. The van der Waals surface area contributed by atoms with Crippen LogP contribution in [0.1, 0.15) is 56.9 Å². The number of thiophene rings is 1. The van der Waals surface area contributed by atoms with E-state index >= 15 is 0 Å². The van der Waals surface area contributed by atoms with E-state index in [0.29, 0.717) is 12.1 Å². The predicted octanol–water partition coefficient (Wildman–Crippen LogP) is 4.55. The van der Waals surface area contributed by atoms with Crippen molar-refractivity contribution in [1.82, 2.24) is 4.90 Å². The Balaban J connectivity index is 2.06. The van der Waals surface area contributed by atoms with Gasteiger partial charge in [0.25, 0.3) is 0 Å². The molecule has 1 heterocycles. The van der Waals surface area contributed by atoms with Gasteiger partial charge in [-0.2, -0.15) is 0 Å². The molecule has 0 aliphatic heterocycles. The Morgan fingerprint density at radius 1 is 1.42 bits per heavy atom. The third kappa shape index (κ3) is 4.03. The van der Waals surface area contributed by atoms with Gasteiger partial charge in [-0.25, -0.2) is 0 Å². The van der Waals surface area contributed by atoms with Crippen LogP contribution >= 0.6 is 27.3 Å². The monoisotopic (exact) mass is 344 g/mol. The molecule has 2 rings (SSSR count). The van der Waals surface area contributed by atoms with Crippen molar-refractivity contribution in [2.45, 2.75) is 64.1 Å². The molecular weight excluding hydrogens is 320 g/mol. The Morgan fingerprint density at radius 2 is 2.11 bits per heavy atom. The van der Waals surface area contributed by atoms with Gasteiger partial charge in [0.1, 0.15) is 0 Å². The summed E-state index contributed by atoms with van der Waals surface area (Å²) in [6, 6.07) is 3.95. The summed E-state index contributed by atoms with van der Waals surface area (Å²) in [6.45, 7) is 5.82. The van der Waals surface area contributed by atoms with Crippen LogP contribution in [0.2, 0.25) is 0 Å². The Morgan fingerprint density at radius 3 is 2.63 bits per heavy atom. The molecule has 19 heavy (non-hydrogen) atoms. The second-order valence-electron chi connectivity index (χ2n) is 5.65. The second-order valence-corrected chi connectivity index (χ2v) is 7.51. The molecule has 1 fully saturated rings. The zero-order valence-electron chi connectivity index (χ0n) is 11.9. The van der Waals surface area contributed by atoms with E-state index in [4.69, 9.17) is 5.73 Å². The van der Waals surface area contributed by atoms with Crippen molar-refractivity contribution in [3.8, 4) is 0 Å². The zero-order chi connectivity index (χ0) is 13.8. The fourth-order valence-corrected chi connectivity index (χ4v) is 4.62. The number of hydrogen-bond acceptors (Lipinski definition) is 3. The molecule has 108 valence electrons. The first-order valence-corrected chi connectivity index (χ1v) is 9.04. The summed E-state index contributed by atoms with van der Waals surface area (Å²) in [5.41, 5.74) is 6.04. The summed E-state index contributed by atoms with van der Waals surface area (Å²) in [4.78, 5) is 4.17. The lowest BCUT2D eigenvalue weighted by Gasteiger charge is -2.39. The highest BCUT2D eigenvalue weighted by Crippen LogP contribution is 2.33. The molecule has 1 saturated carbocycles. The van der Waals surface area contributed by atoms with E-state index in [2.05, 4.69) is 46.1 Å². The summed E-state index contributed by atoms with van der Waals surface area (Å²) in [5, 5.41) is 2.19. The molecule has 1 aromatic heterocycles. The summed E-state index contributed by atoms with van der Waals surface area (Å²) in [7, 11) is 0. The molecule has 1 atom stereocenters. The maximum Gasteiger partial charge on any atom is 0.0416 e. The van der Waals surface area contributed by atoms with E-state index < -0.39 is 0 Å². The van der Waals surface area contributed by atoms with Crippen LogP contribution in [0, 0.1) is 0 Å². The third-order valence-electron chi connectivity index (χ3n) is 4.19. The molecule has 0 amide bonds. The minimum Gasteiger partial charge on any atom is -0.328 e. The zero-order valence-corrected chi connectivity index (χ0v) is 14.3. The maximum absolute atomic E-state index is 6.04. The van der Waals surface area contributed by atoms with Crippen molar-refractivity contribution >= 4 is 27.3 Å². The molecule has 0 spiro atoms. The summed E-state index contributed by atoms with van der Waals surface area (Å²) in [6.07, 6.45) is 6.12. The van der Waals surface area contributed by atoms with Crippen molar-refractivity contribution in [3.05, 3.63) is 20.8 Å². The SMILES string of the molecule is CCCN(C1CCC(N)CC1)C(C)c1cc(Br)cs1. The van der Waals surface area contributed by atoms with Crippen molar-refractivity contribution in [3.63, 3.8) is 0 Å². The van der Waals surface area contributed by atoms with Gasteiger partial charge in [0.2, 0.25) is 0 Å². The molecule has 1 aliphatic carbocycles. The minimum absolute atomic E-state index is 0.436. The summed E-state index contributed by atoms with van der Waals surface area (Å²) >= 11 is 5.43. The average molecular weight is 345 g/mol. The van der Waals surface area contributed by atoms with Gasteiger partial charge in [0.05, 0.1) is 0 Å². The normalized spacial score (nSPS) is 25.7. The van der Waals surface area contributed by atoms with Crippen LogP contribution in [0.3, 0.4) is 0 Å². The molecule has 0 aromatic carbocycles. The lowest BCUT2D eigenvalue weighted by Crippen LogP contribution is -2.42. The van der Waals surface area contributed by atoms with Crippen LogP contribution in [0.4, 0.5) is 0 Å². The van der Waals surface area contributed by atoms with Gasteiger partial charge < -0.3 is 5.73 Å². The number of nitrogens with zero attached hydrogens (tertiary/aromatic N) is 1. The first-order chi connectivity index (χ1) is 9.11. The van der Waals surface area contributed by atoms with Crippen LogP contribution in [-0.2, 0) is 0 Å². The van der Waals surface area contributed by atoms with Crippen molar-refractivity contribution < 1.29 is 0 Å². The molecule has 1 unspecified atom stereocenters. The molecule has 4 heteroatoms. The molecule has 0 radical (unpaired) electrons. The van der Waals surface area contributed by atoms with E-state index in [9.17, 15) is 0 Å². The minimum atomic E-state index is 0.436. The Kier molecular flexibility index (Phi) is 5.87. The number of halogens is 1. The number of nitrogens with two attached hydrogens (primary N) is 1. The highest BCUT2D eigenvalue weighted by Gasteiger charge is 2.28. The molecule has 2 N–H and O–H groups in total. The molecule has 1 aromatic rings. The van der Waals surface area contributed by atoms with Crippen LogP contribution in [-0.4, -0.2) is 23.5 Å². The highest BCUT2D eigenvalue weighted by atomic mass is 79.9. The quantitative estimate of drug-likeness (QED) is 0.848. The topological polar surface area (TPSA) is 29.3 Å². The van der Waals surface area contributed by atoms with Gasteiger partial charge in [-0.1, -0.05) is 6.92 Å². The van der Waals surface area contributed by atoms with E-state index in [1.54, 1.807) is 0 Å². The average Bonchev–Trinajstić information content (AvgIpc) is 2.83. The molecular formula is C15H25BrN2S. The van der Waals surface area contributed by atoms with Gasteiger partial charge in [0.15, 0.2) is 0 Å². The Hall–Kier alpha value is 0.1000. The van der Waals surface area contributed by atoms with Crippen molar-refractivity contribution in [2.24, 2.45) is 5.73 Å². The van der Waals surface area contributed by atoms with E-state index in [-0.39, 0.29) is 0 Å². The first kappa shape index (κ1) is 15.5. The van der Waals surface area contributed by atoms with Crippen molar-refractivity contribution in [1.29, 1.82) is 0 Å². The number of rotatable bonds is 5. The first-order valence-electron chi connectivity index (χ1n) is 7.37. The van der Waals surface area contributed by atoms with Crippen LogP contribution in [0.5, 0.6) is 0 Å². The Labute approximate surface area is 129 Å². The van der Waals surface area contributed by atoms with E-state index in [1.165, 1.54) is 48.0 Å². The Bertz CT molecular complexity index is 385. The maximum atomic E-state index is 6.04. The fourth-order valence-electron chi connectivity index (χ4n) is 3.09. The van der Waals surface area contributed by atoms with Crippen LogP contribution < -0.4 is 5.73 Å². The van der Waals surface area contributed by atoms with Gasteiger partial charge >= 0.3 is 0 Å². The lowest BCUT2D eigenvalue weighted by atomic mass is 9.90. The third-order valence-corrected chi connectivity index (χ3v) is 6.05. The van der Waals surface area contributed by atoms with Gasteiger partial charge in [-0.05, 0) is 67.6 Å². The predicted molar refractivity (Wildman–Crippen MR) is 87.7 cm³/mol. The van der Waals surface area contributed by atoms with Gasteiger partial charge in [-0.3, -0.25) is 4.90 Å². The van der Waals surface area contributed by atoms with Gasteiger partial charge in [0, 0.05) is 32.9 Å².